The molecule has 7 heteroatoms. The number of piperazine rings is 1. The van der Waals surface area contributed by atoms with Crippen molar-refractivity contribution < 1.29 is 4.74 Å². The topological polar surface area (TPSA) is 75.2 Å². The first-order chi connectivity index (χ1) is 14.8. The highest BCUT2D eigenvalue weighted by Gasteiger charge is 2.13. The van der Waals surface area contributed by atoms with Gasteiger partial charge < -0.3 is 20.3 Å². The molecule has 2 N–H and O–H groups in total. The van der Waals surface area contributed by atoms with Crippen LogP contribution in [-0.4, -0.2) is 41.1 Å². The van der Waals surface area contributed by atoms with E-state index in [1.807, 2.05) is 48.5 Å². The van der Waals surface area contributed by atoms with Gasteiger partial charge in [0.15, 0.2) is 0 Å². The van der Waals surface area contributed by atoms with Gasteiger partial charge in [0.05, 0.1) is 11.7 Å². The molecule has 150 valence electrons. The largest absolute Gasteiger partial charge is 0.456 e. The zero-order valence-corrected chi connectivity index (χ0v) is 16.5. The molecule has 7 nitrogen and oxygen atoms in total. The van der Waals surface area contributed by atoms with Gasteiger partial charge in [0.2, 0.25) is 0 Å². The van der Waals surface area contributed by atoms with E-state index in [0.717, 1.165) is 48.6 Å². The van der Waals surface area contributed by atoms with Crippen LogP contribution in [-0.2, 0) is 0 Å². The molecule has 0 bridgehead atoms. The fraction of sp³-hybridized carbons (Fsp3) is 0.174. The number of rotatable bonds is 5. The summed E-state index contributed by atoms with van der Waals surface area (Å²) in [7, 11) is 0. The Bertz CT molecular complexity index is 1130. The van der Waals surface area contributed by atoms with Gasteiger partial charge in [-0.25, -0.2) is 15.0 Å². The molecule has 3 heterocycles. The highest BCUT2D eigenvalue weighted by molar-refractivity contribution is 5.92. The number of fused-ring (bicyclic) bond motifs is 1. The number of benzene rings is 2. The third-order valence-electron chi connectivity index (χ3n) is 5.06. The molecule has 2 aromatic carbocycles. The first kappa shape index (κ1) is 18.3. The van der Waals surface area contributed by atoms with Gasteiger partial charge in [-0.05, 0) is 42.5 Å². The molecule has 0 atom stereocenters. The minimum atomic E-state index is 0.681. The second-order valence-corrected chi connectivity index (χ2v) is 7.08. The van der Waals surface area contributed by atoms with Crippen molar-refractivity contribution in [3.05, 3.63) is 73.2 Å². The molecule has 0 spiro atoms. The van der Waals surface area contributed by atoms with Crippen LogP contribution in [0.1, 0.15) is 0 Å². The predicted octanol–water partition coefficient (Wildman–Crippen LogP) is 3.97. The van der Waals surface area contributed by atoms with Gasteiger partial charge in [-0.1, -0.05) is 18.2 Å². The summed E-state index contributed by atoms with van der Waals surface area (Å²) in [5.74, 6) is 2.90. The predicted molar refractivity (Wildman–Crippen MR) is 119 cm³/mol. The van der Waals surface area contributed by atoms with E-state index in [4.69, 9.17) is 4.74 Å². The van der Waals surface area contributed by atoms with Crippen LogP contribution in [0.15, 0.2) is 73.2 Å². The van der Waals surface area contributed by atoms with Gasteiger partial charge in [0.25, 0.3) is 0 Å². The summed E-state index contributed by atoms with van der Waals surface area (Å²) in [6.07, 6.45) is 3.27. The fourth-order valence-electron chi connectivity index (χ4n) is 3.52. The van der Waals surface area contributed by atoms with Crippen LogP contribution < -0.4 is 20.3 Å². The summed E-state index contributed by atoms with van der Waals surface area (Å²) in [6.45, 7) is 3.98. The molecule has 0 amide bonds. The van der Waals surface area contributed by atoms with Crippen molar-refractivity contribution in [1.82, 2.24) is 20.3 Å². The van der Waals surface area contributed by atoms with Gasteiger partial charge in [-0.15, -0.1) is 0 Å². The fourth-order valence-corrected chi connectivity index (χ4v) is 3.52. The van der Waals surface area contributed by atoms with E-state index in [2.05, 4.69) is 42.6 Å². The number of nitrogens with one attached hydrogen (secondary N) is 2. The standard InChI is InChI=1S/C23H22N6O/c1-2-4-18(5-3-1)30-19-7-9-22(25-15-19)28-23-20-14-17(29-12-10-24-11-13-29)6-8-21(20)26-16-27-23/h1-9,14-16,24H,10-13H2,(H,25,26,27,28). The summed E-state index contributed by atoms with van der Waals surface area (Å²) in [5, 5.41) is 7.68. The van der Waals surface area contributed by atoms with E-state index < -0.39 is 0 Å². The quantitative estimate of drug-likeness (QED) is 0.527. The Balaban J connectivity index is 1.37. The number of para-hydroxylation sites is 1. The maximum Gasteiger partial charge on any atom is 0.145 e. The third kappa shape index (κ3) is 4.01. The van der Waals surface area contributed by atoms with Crippen LogP contribution >= 0.6 is 0 Å². The van der Waals surface area contributed by atoms with Crippen LogP contribution in [0.25, 0.3) is 10.9 Å². The van der Waals surface area contributed by atoms with Crippen LogP contribution in [0.4, 0.5) is 17.3 Å². The first-order valence-corrected chi connectivity index (χ1v) is 10.0. The minimum Gasteiger partial charge on any atom is -0.456 e. The van der Waals surface area contributed by atoms with E-state index >= 15 is 0 Å². The Kier molecular flexibility index (Phi) is 5.10. The lowest BCUT2D eigenvalue weighted by atomic mass is 10.2. The van der Waals surface area contributed by atoms with Crippen molar-refractivity contribution in [3.8, 4) is 11.5 Å². The number of hydrogen-bond donors (Lipinski definition) is 2. The SMILES string of the molecule is c1ccc(Oc2ccc(Nc3ncnc4ccc(N5CCNCC5)cc34)nc2)cc1. The van der Waals surface area contributed by atoms with Crippen molar-refractivity contribution in [3.63, 3.8) is 0 Å². The lowest BCUT2D eigenvalue weighted by molar-refractivity contribution is 0.480. The molecule has 5 rings (SSSR count). The Morgan fingerprint density at radius 2 is 1.73 bits per heavy atom. The zero-order chi connectivity index (χ0) is 20.2. The van der Waals surface area contributed by atoms with Gasteiger partial charge in [-0.2, -0.15) is 0 Å². The molecule has 2 aromatic heterocycles. The molecule has 1 fully saturated rings. The monoisotopic (exact) mass is 398 g/mol. The molecular weight excluding hydrogens is 376 g/mol. The normalized spacial score (nSPS) is 13.9. The summed E-state index contributed by atoms with van der Waals surface area (Å²) >= 11 is 0. The Morgan fingerprint density at radius 3 is 2.53 bits per heavy atom. The first-order valence-electron chi connectivity index (χ1n) is 10.0. The Labute approximate surface area is 174 Å². The smallest absolute Gasteiger partial charge is 0.145 e. The second-order valence-electron chi connectivity index (χ2n) is 7.08. The molecule has 1 saturated heterocycles. The molecule has 0 radical (unpaired) electrons. The molecule has 30 heavy (non-hydrogen) atoms. The van der Waals surface area contributed by atoms with E-state index in [9.17, 15) is 0 Å². The second kappa shape index (κ2) is 8.34. The van der Waals surface area contributed by atoms with Crippen LogP contribution in [0.5, 0.6) is 11.5 Å². The molecular formula is C23H22N6O. The van der Waals surface area contributed by atoms with Crippen LogP contribution in [0, 0.1) is 0 Å². The summed E-state index contributed by atoms with van der Waals surface area (Å²) < 4.78 is 5.81. The number of aromatic nitrogens is 3. The number of nitrogens with zero attached hydrogens (tertiary/aromatic N) is 4. The number of anilines is 3. The molecule has 1 aliphatic heterocycles. The van der Waals surface area contributed by atoms with Gasteiger partial charge in [-0.3, -0.25) is 0 Å². The lowest BCUT2D eigenvalue weighted by Gasteiger charge is -2.29. The average molecular weight is 398 g/mol. The highest BCUT2D eigenvalue weighted by atomic mass is 16.5. The molecule has 0 aliphatic carbocycles. The molecule has 0 unspecified atom stereocenters. The molecule has 1 aliphatic rings. The van der Waals surface area contributed by atoms with Crippen LogP contribution in [0.3, 0.4) is 0 Å². The Morgan fingerprint density at radius 1 is 0.867 bits per heavy atom. The number of hydrogen-bond acceptors (Lipinski definition) is 7. The van der Waals surface area contributed by atoms with E-state index in [0.29, 0.717) is 11.6 Å². The summed E-state index contributed by atoms with van der Waals surface area (Å²) in [6, 6.07) is 19.7. The van der Waals surface area contributed by atoms with E-state index in [1.165, 1.54) is 5.69 Å². The van der Waals surface area contributed by atoms with E-state index in [1.54, 1.807) is 12.5 Å². The van der Waals surface area contributed by atoms with Crippen LogP contribution in [0.2, 0.25) is 0 Å². The van der Waals surface area contributed by atoms with Crippen molar-refractivity contribution in [2.75, 3.05) is 36.4 Å². The zero-order valence-electron chi connectivity index (χ0n) is 16.5. The summed E-state index contributed by atoms with van der Waals surface area (Å²) in [5.41, 5.74) is 2.08. The third-order valence-corrected chi connectivity index (χ3v) is 5.06. The van der Waals surface area contributed by atoms with E-state index in [-0.39, 0.29) is 0 Å². The number of pyridine rings is 1. The lowest BCUT2D eigenvalue weighted by Crippen LogP contribution is -2.43. The molecule has 4 aromatic rings. The van der Waals surface area contributed by atoms with Gasteiger partial charge in [0.1, 0.15) is 29.5 Å². The van der Waals surface area contributed by atoms with Gasteiger partial charge in [0, 0.05) is 37.3 Å². The minimum absolute atomic E-state index is 0.681. The van der Waals surface area contributed by atoms with Crippen molar-refractivity contribution in [1.29, 1.82) is 0 Å². The number of ether oxygens (including phenoxy) is 1. The average Bonchev–Trinajstić information content (AvgIpc) is 2.82. The van der Waals surface area contributed by atoms with Crippen molar-refractivity contribution in [2.45, 2.75) is 0 Å². The van der Waals surface area contributed by atoms with Crippen molar-refractivity contribution >= 4 is 28.2 Å². The maximum absolute atomic E-state index is 5.81. The highest BCUT2D eigenvalue weighted by Crippen LogP contribution is 2.28. The summed E-state index contributed by atoms with van der Waals surface area (Å²) in [4.78, 5) is 15.7. The maximum atomic E-state index is 5.81. The van der Waals surface area contributed by atoms with Crippen molar-refractivity contribution in [2.24, 2.45) is 0 Å². The Hall–Kier alpha value is -3.71. The molecule has 0 saturated carbocycles. The van der Waals surface area contributed by atoms with Gasteiger partial charge >= 0.3 is 0 Å².